The summed E-state index contributed by atoms with van der Waals surface area (Å²) in [5.41, 5.74) is 0.771. The summed E-state index contributed by atoms with van der Waals surface area (Å²) in [6.07, 6.45) is 5.91. The van der Waals surface area contributed by atoms with E-state index in [0.717, 1.165) is 23.7 Å². The topological polar surface area (TPSA) is 29.1 Å². The number of carbonyl (C=O) groups excluding carboxylic acids is 1. The molecule has 0 aromatic carbocycles. The molecular formula is C12H16BrNOS. The van der Waals surface area contributed by atoms with Crippen molar-refractivity contribution in [2.75, 3.05) is 5.33 Å². The van der Waals surface area contributed by atoms with Crippen LogP contribution in [0.5, 0.6) is 0 Å². The normalized spacial score (nSPS) is 19.3. The van der Waals surface area contributed by atoms with E-state index in [-0.39, 0.29) is 11.4 Å². The van der Waals surface area contributed by atoms with Crippen molar-refractivity contribution < 1.29 is 4.79 Å². The number of alkyl halides is 1. The van der Waals surface area contributed by atoms with Crippen LogP contribution < -0.4 is 5.32 Å². The van der Waals surface area contributed by atoms with Crippen LogP contribution in [-0.2, 0) is 0 Å². The first-order chi connectivity index (χ1) is 7.76. The average Bonchev–Trinajstić information content (AvgIpc) is 2.84. The van der Waals surface area contributed by atoms with Crippen molar-refractivity contribution in [2.24, 2.45) is 0 Å². The molecule has 0 atom stereocenters. The highest BCUT2D eigenvalue weighted by molar-refractivity contribution is 9.09. The average molecular weight is 302 g/mol. The predicted molar refractivity (Wildman–Crippen MR) is 71.4 cm³/mol. The van der Waals surface area contributed by atoms with Gasteiger partial charge in [-0.15, -0.1) is 0 Å². The van der Waals surface area contributed by atoms with Crippen LogP contribution in [0.15, 0.2) is 16.8 Å². The molecule has 0 unspecified atom stereocenters. The van der Waals surface area contributed by atoms with Crippen LogP contribution in [0.4, 0.5) is 0 Å². The molecule has 1 heterocycles. The van der Waals surface area contributed by atoms with E-state index in [2.05, 4.69) is 21.2 Å². The number of rotatable bonds is 3. The molecular weight excluding hydrogens is 286 g/mol. The molecule has 1 saturated carbocycles. The molecule has 1 N–H and O–H groups in total. The monoisotopic (exact) mass is 301 g/mol. The van der Waals surface area contributed by atoms with Crippen LogP contribution in [0.2, 0.25) is 0 Å². The van der Waals surface area contributed by atoms with Crippen molar-refractivity contribution in [3.05, 3.63) is 22.4 Å². The molecule has 2 nitrogen and oxygen atoms in total. The third kappa shape index (κ3) is 2.66. The highest BCUT2D eigenvalue weighted by Crippen LogP contribution is 2.30. The van der Waals surface area contributed by atoms with Gasteiger partial charge in [-0.25, -0.2) is 0 Å². The Morgan fingerprint density at radius 2 is 2.19 bits per heavy atom. The number of thiophene rings is 1. The zero-order chi connectivity index (χ0) is 11.4. The first-order valence-corrected chi connectivity index (χ1v) is 7.73. The van der Waals surface area contributed by atoms with Gasteiger partial charge in [-0.05, 0) is 24.3 Å². The van der Waals surface area contributed by atoms with Crippen LogP contribution in [0.1, 0.15) is 42.5 Å². The lowest BCUT2D eigenvalue weighted by molar-refractivity contribution is 0.0887. The van der Waals surface area contributed by atoms with Gasteiger partial charge < -0.3 is 5.32 Å². The summed E-state index contributed by atoms with van der Waals surface area (Å²) >= 11 is 5.11. The highest BCUT2D eigenvalue weighted by atomic mass is 79.9. The van der Waals surface area contributed by atoms with E-state index < -0.39 is 0 Å². The molecule has 0 saturated heterocycles. The molecule has 88 valence electrons. The summed E-state index contributed by atoms with van der Waals surface area (Å²) < 4.78 is 0. The molecule has 4 heteroatoms. The van der Waals surface area contributed by atoms with E-state index in [1.807, 2.05) is 16.8 Å². The Hall–Kier alpha value is -0.350. The lowest BCUT2D eigenvalue weighted by Gasteiger charge is -2.36. The summed E-state index contributed by atoms with van der Waals surface area (Å²) in [6.45, 7) is 0. The molecule has 2 rings (SSSR count). The number of hydrogen-bond donors (Lipinski definition) is 1. The lowest BCUT2D eigenvalue weighted by Crippen LogP contribution is -2.51. The summed E-state index contributed by atoms with van der Waals surface area (Å²) in [7, 11) is 0. The largest absolute Gasteiger partial charge is 0.346 e. The maximum absolute atomic E-state index is 12.0. The number of hydrogen-bond acceptors (Lipinski definition) is 2. The van der Waals surface area contributed by atoms with Crippen molar-refractivity contribution >= 4 is 33.2 Å². The van der Waals surface area contributed by atoms with E-state index in [1.54, 1.807) is 11.3 Å². The van der Waals surface area contributed by atoms with Gasteiger partial charge in [0.15, 0.2) is 0 Å². The fraction of sp³-hybridized carbons (Fsp3) is 0.583. The zero-order valence-electron chi connectivity index (χ0n) is 9.17. The molecule has 16 heavy (non-hydrogen) atoms. The van der Waals surface area contributed by atoms with Gasteiger partial charge in [0.1, 0.15) is 0 Å². The minimum absolute atomic E-state index is 0.0166. The number of halogens is 1. The third-order valence-corrected chi connectivity index (χ3v) is 4.99. The van der Waals surface area contributed by atoms with Crippen LogP contribution in [0.25, 0.3) is 0 Å². The zero-order valence-corrected chi connectivity index (χ0v) is 11.6. The number of amides is 1. The lowest BCUT2D eigenvalue weighted by atomic mass is 9.83. The maximum atomic E-state index is 12.0. The molecule has 0 spiro atoms. The van der Waals surface area contributed by atoms with Gasteiger partial charge in [0.25, 0.3) is 5.91 Å². The minimum atomic E-state index is -0.0166. The molecule has 1 aromatic rings. The second-order valence-electron chi connectivity index (χ2n) is 4.44. The Labute approximate surface area is 109 Å². The molecule has 0 aliphatic heterocycles. The van der Waals surface area contributed by atoms with Crippen molar-refractivity contribution in [1.82, 2.24) is 5.32 Å². The second kappa shape index (κ2) is 5.32. The predicted octanol–water partition coefficient (Wildman–Crippen LogP) is 3.58. The van der Waals surface area contributed by atoms with E-state index in [4.69, 9.17) is 0 Å². The van der Waals surface area contributed by atoms with Gasteiger partial charge in [0.2, 0.25) is 0 Å². The van der Waals surface area contributed by atoms with E-state index in [1.165, 1.54) is 19.3 Å². The Kier molecular flexibility index (Phi) is 4.03. The second-order valence-corrected chi connectivity index (χ2v) is 5.78. The van der Waals surface area contributed by atoms with Gasteiger partial charge >= 0.3 is 0 Å². The fourth-order valence-corrected chi connectivity index (χ4v) is 3.56. The van der Waals surface area contributed by atoms with E-state index in [0.29, 0.717) is 0 Å². The molecule has 1 aromatic heterocycles. The highest BCUT2D eigenvalue weighted by Gasteiger charge is 2.32. The molecule has 0 bridgehead atoms. The van der Waals surface area contributed by atoms with Gasteiger partial charge in [0, 0.05) is 10.7 Å². The van der Waals surface area contributed by atoms with Crippen molar-refractivity contribution in [1.29, 1.82) is 0 Å². The van der Waals surface area contributed by atoms with Gasteiger partial charge in [-0.3, -0.25) is 4.79 Å². The molecule has 1 aliphatic carbocycles. The minimum Gasteiger partial charge on any atom is -0.346 e. The summed E-state index contributed by atoms with van der Waals surface area (Å²) in [6, 6.07) is 1.88. The quantitative estimate of drug-likeness (QED) is 0.850. The Balaban J connectivity index is 2.03. The first kappa shape index (κ1) is 12.1. The third-order valence-electron chi connectivity index (χ3n) is 3.23. The van der Waals surface area contributed by atoms with Gasteiger partial charge in [-0.1, -0.05) is 35.2 Å². The maximum Gasteiger partial charge on any atom is 0.252 e. The van der Waals surface area contributed by atoms with Gasteiger partial charge in [-0.2, -0.15) is 11.3 Å². The Bertz CT molecular complexity index is 344. The van der Waals surface area contributed by atoms with Crippen LogP contribution >= 0.6 is 27.3 Å². The molecule has 1 fully saturated rings. The van der Waals surface area contributed by atoms with E-state index >= 15 is 0 Å². The Morgan fingerprint density at radius 3 is 2.75 bits per heavy atom. The molecule has 0 radical (unpaired) electrons. The first-order valence-electron chi connectivity index (χ1n) is 5.66. The molecule has 1 amide bonds. The summed E-state index contributed by atoms with van der Waals surface area (Å²) in [4.78, 5) is 12.0. The van der Waals surface area contributed by atoms with Gasteiger partial charge in [0.05, 0.1) is 11.1 Å². The SMILES string of the molecule is O=C(NC1(CBr)CCCCC1)c1ccsc1. The summed E-state index contributed by atoms with van der Waals surface area (Å²) in [5.74, 6) is 0.0719. The van der Waals surface area contributed by atoms with Crippen LogP contribution in [0, 0.1) is 0 Å². The van der Waals surface area contributed by atoms with Crippen LogP contribution in [0.3, 0.4) is 0 Å². The van der Waals surface area contributed by atoms with E-state index in [9.17, 15) is 4.79 Å². The summed E-state index contributed by atoms with van der Waals surface area (Å²) in [5, 5.41) is 7.91. The van der Waals surface area contributed by atoms with Crippen LogP contribution in [-0.4, -0.2) is 16.8 Å². The Morgan fingerprint density at radius 1 is 1.44 bits per heavy atom. The molecule has 1 aliphatic rings. The number of carbonyl (C=O) groups is 1. The van der Waals surface area contributed by atoms with Crippen molar-refractivity contribution in [3.8, 4) is 0 Å². The standard InChI is InChI=1S/C12H16BrNOS/c13-9-12(5-2-1-3-6-12)14-11(15)10-4-7-16-8-10/h4,7-8H,1-3,5-6,9H2,(H,14,15). The van der Waals surface area contributed by atoms with Crippen molar-refractivity contribution in [2.45, 2.75) is 37.6 Å². The fourth-order valence-electron chi connectivity index (χ4n) is 2.23. The van der Waals surface area contributed by atoms with Crippen molar-refractivity contribution in [3.63, 3.8) is 0 Å². The number of nitrogens with one attached hydrogen (secondary N) is 1. The smallest absolute Gasteiger partial charge is 0.252 e.